The second-order valence-corrected chi connectivity index (χ2v) is 6.18. The standard InChI is InChI=1S/C20H17N7/c1-14-4-6-17(7-5-14)8-9-18-21-19(26-12-10-15(2)24-26)23-20(22-18)27-13-11-16(3)25-27/h4-7,10-13H,1-3H3. The molecule has 27 heavy (non-hydrogen) atoms. The predicted octanol–water partition coefficient (Wildman–Crippen LogP) is 2.57. The minimum atomic E-state index is 0.358. The lowest BCUT2D eigenvalue weighted by Crippen LogP contribution is -2.11. The molecule has 0 aliphatic carbocycles. The summed E-state index contributed by atoms with van der Waals surface area (Å²) in [5, 5.41) is 8.75. The van der Waals surface area contributed by atoms with Crippen LogP contribution in [0.4, 0.5) is 0 Å². The van der Waals surface area contributed by atoms with Crippen LogP contribution < -0.4 is 0 Å². The monoisotopic (exact) mass is 355 g/mol. The second-order valence-electron chi connectivity index (χ2n) is 6.18. The van der Waals surface area contributed by atoms with Crippen molar-refractivity contribution in [2.24, 2.45) is 0 Å². The maximum Gasteiger partial charge on any atom is 0.256 e. The van der Waals surface area contributed by atoms with Gasteiger partial charge in [0.1, 0.15) is 0 Å². The maximum absolute atomic E-state index is 4.48. The Morgan fingerprint density at radius 3 is 1.70 bits per heavy atom. The van der Waals surface area contributed by atoms with Crippen LogP contribution >= 0.6 is 0 Å². The first kappa shape index (κ1) is 16.7. The van der Waals surface area contributed by atoms with Gasteiger partial charge in [0.15, 0.2) is 0 Å². The van der Waals surface area contributed by atoms with Gasteiger partial charge in [-0.1, -0.05) is 23.6 Å². The highest BCUT2D eigenvalue weighted by molar-refractivity contribution is 5.40. The van der Waals surface area contributed by atoms with Crippen LogP contribution in [0.15, 0.2) is 48.8 Å². The topological polar surface area (TPSA) is 74.3 Å². The summed E-state index contributed by atoms with van der Waals surface area (Å²) >= 11 is 0. The van der Waals surface area contributed by atoms with Crippen molar-refractivity contribution in [3.8, 4) is 23.7 Å². The molecule has 0 bridgehead atoms. The van der Waals surface area contributed by atoms with Gasteiger partial charge in [-0.05, 0) is 51.0 Å². The van der Waals surface area contributed by atoms with Gasteiger partial charge in [0.2, 0.25) is 5.82 Å². The fourth-order valence-corrected chi connectivity index (χ4v) is 2.43. The van der Waals surface area contributed by atoms with E-state index in [0.717, 1.165) is 17.0 Å². The van der Waals surface area contributed by atoms with Crippen molar-refractivity contribution in [2.75, 3.05) is 0 Å². The van der Waals surface area contributed by atoms with E-state index in [9.17, 15) is 0 Å². The Labute approximate surface area is 156 Å². The minimum absolute atomic E-state index is 0.358. The minimum Gasteiger partial charge on any atom is -0.206 e. The van der Waals surface area contributed by atoms with E-state index in [4.69, 9.17) is 0 Å². The quantitative estimate of drug-likeness (QED) is 0.517. The SMILES string of the molecule is Cc1ccc(C#Cc2nc(-n3ccc(C)n3)nc(-n3ccc(C)n3)n2)cc1. The summed E-state index contributed by atoms with van der Waals surface area (Å²) in [6, 6.07) is 11.8. The average molecular weight is 355 g/mol. The zero-order valence-electron chi connectivity index (χ0n) is 15.2. The van der Waals surface area contributed by atoms with Crippen LogP contribution in [0.2, 0.25) is 0 Å². The van der Waals surface area contributed by atoms with Crippen LogP contribution in [0.3, 0.4) is 0 Å². The van der Waals surface area contributed by atoms with Gasteiger partial charge in [0.05, 0.1) is 11.4 Å². The van der Waals surface area contributed by atoms with Gasteiger partial charge in [0.25, 0.3) is 11.9 Å². The fourth-order valence-electron chi connectivity index (χ4n) is 2.43. The summed E-state index contributed by atoms with van der Waals surface area (Å²) in [4.78, 5) is 13.4. The van der Waals surface area contributed by atoms with Gasteiger partial charge < -0.3 is 0 Å². The fraction of sp³-hybridized carbons (Fsp3) is 0.150. The Balaban J connectivity index is 1.79. The normalized spacial score (nSPS) is 10.5. The van der Waals surface area contributed by atoms with Gasteiger partial charge in [-0.3, -0.25) is 0 Å². The lowest BCUT2D eigenvalue weighted by atomic mass is 10.1. The summed E-state index contributed by atoms with van der Waals surface area (Å²) in [6.07, 6.45) is 3.61. The van der Waals surface area contributed by atoms with Crippen LogP contribution in [-0.2, 0) is 0 Å². The summed E-state index contributed by atoms with van der Waals surface area (Å²) in [5.41, 5.74) is 3.83. The highest BCUT2D eigenvalue weighted by Gasteiger charge is 2.10. The molecular weight excluding hydrogens is 338 g/mol. The third-order valence-corrected chi connectivity index (χ3v) is 3.84. The van der Waals surface area contributed by atoms with Crippen LogP contribution in [0.25, 0.3) is 11.9 Å². The number of aromatic nitrogens is 7. The van der Waals surface area contributed by atoms with Crippen molar-refractivity contribution in [3.63, 3.8) is 0 Å². The first-order chi connectivity index (χ1) is 13.1. The first-order valence-electron chi connectivity index (χ1n) is 8.47. The second kappa shape index (κ2) is 6.84. The van der Waals surface area contributed by atoms with Crippen molar-refractivity contribution in [1.82, 2.24) is 34.5 Å². The Morgan fingerprint density at radius 1 is 0.667 bits per heavy atom. The number of nitrogens with zero attached hydrogens (tertiary/aromatic N) is 7. The largest absolute Gasteiger partial charge is 0.256 e. The average Bonchev–Trinajstić information content (AvgIpc) is 3.29. The molecule has 0 saturated carbocycles. The van der Waals surface area contributed by atoms with Crippen molar-refractivity contribution >= 4 is 0 Å². The van der Waals surface area contributed by atoms with Crippen LogP contribution in [0, 0.1) is 32.6 Å². The van der Waals surface area contributed by atoms with Gasteiger partial charge >= 0.3 is 0 Å². The molecular formula is C20H17N7. The summed E-state index contributed by atoms with van der Waals surface area (Å²) < 4.78 is 3.21. The lowest BCUT2D eigenvalue weighted by Gasteiger charge is -2.04. The van der Waals surface area contributed by atoms with Crippen LogP contribution in [0.5, 0.6) is 0 Å². The van der Waals surface area contributed by atoms with Gasteiger partial charge in [-0.25, -0.2) is 9.36 Å². The molecule has 7 heteroatoms. The molecule has 0 amide bonds. The zero-order chi connectivity index (χ0) is 18.8. The van der Waals surface area contributed by atoms with E-state index in [1.165, 1.54) is 5.56 Å². The molecule has 0 fully saturated rings. The van der Waals surface area contributed by atoms with E-state index < -0.39 is 0 Å². The van der Waals surface area contributed by atoms with Crippen molar-refractivity contribution in [1.29, 1.82) is 0 Å². The molecule has 0 atom stereocenters. The van der Waals surface area contributed by atoms with Crippen molar-refractivity contribution in [3.05, 3.63) is 77.1 Å². The Bertz CT molecular complexity index is 1100. The maximum atomic E-state index is 4.48. The van der Waals surface area contributed by atoms with Gasteiger partial charge in [-0.15, -0.1) is 0 Å². The Morgan fingerprint density at radius 2 is 1.22 bits per heavy atom. The number of rotatable bonds is 2. The molecule has 1 aromatic carbocycles. The molecule has 3 heterocycles. The van der Waals surface area contributed by atoms with Gasteiger partial charge in [0, 0.05) is 18.0 Å². The van der Waals surface area contributed by atoms with E-state index in [2.05, 4.69) is 37.0 Å². The number of benzene rings is 1. The number of hydrogen-bond donors (Lipinski definition) is 0. The molecule has 0 aliphatic heterocycles. The number of aryl methyl sites for hydroxylation is 3. The summed E-state index contributed by atoms with van der Waals surface area (Å²) in [5.74, 6) is 7.27. The van der Waals surface area contributed by atoms with Crippen LogP contribution in [-0.4, -0.2) is 34.5 Å². The van der Waals surface area contributed by atoms with Crippen molar-refractivity contribution in [2.45, 2.75) is 20.8 Å². The van der Waals surface area contributed by atoms with E-state index >= 15 is 0 Å². The molecule has 0 spiro atoms. The first-order valence-corrected chi connectivity index (χ1v) is 8.47. The molecule has 0 unspecified atom stereocenters. The van der Waals surface area contributed by atoms with E-state index in [-0.39, 0.29) is 0 Å². The molecule has 0 saturated heterocycles. The third kappa shape index (κ3) is 3.75. The molecule has 4 aromatic rings. The summed E-state index contributed by atoms with van der Waals surface area (Å²) in [7, 11) is 0. The van der Waals surface area contributed by atoms with Gasteiger partial charge in [-0.2, -0.15) is 25.1 Å². The lowest BCUT2D eigenvalue weighted by molar-refractivity contribution is 0.732. The molecule has 4 rings (SSSR count). The Kier molecular flexibility index (Phi) is 4.22. The zero-order valence-corrected chi connectivity index (χ0v) is 15.2. The predicted molar refractivity (Wildman–Crippen MR) is 101 cm³/mol. The third-order valence-electron chi connectivity index (χ3n) is 3.84. The van der Waals surface area contributed by atoms with Crippen LogP contribution in [0.1, 0.15) is 28.3 Å². The smallest absolute Gasteiger partial charge is 0.206 e. The molecule has 0 aliphatic rings. The van der Waals surface area contributed by atoms with E-state index in [1.807, 2.05) is 57.2 Å². The molecule has 0 N–H and O–H groups in total. The highest BCUT2D eigenvalue weighted by atomic mass is 15.4. The molecule has 3 aromatic heterocycles. The highest BCUT2D eigenvalue weighted by Crippen LogP contribution is 2.08. The van der Waals surface area contributed by atoms with E-state index in [0.29, 0.717) is 17.7 Å². The van der Waals surface area contributed by atoms with Crippen molar-refractivity contribution < 1.29 is 0 Å². The Hall–Kier alpha value is -3.79. The molecule has 132 valence electrons. The molecule has 0 radical (unpaired) electrons. The molecule has 7 nitrogen and oxygen atoms in total. The van der Waals surface area contributed by atoms with E-state index in [1.54, 1.807) is 21.8 Å². The number of hydrogen-bond acceptors (Lipinski definition) is 5. The summed E-state index contributed by atoms with van der Waals surface area (Å²) in [6.45, 7) is 5.86.